The van der Waals surface area contributed by atoms with Crippen LogP contribution in [0.1, 0.15) is 43.0 Å². The van der Waals surface area contributed by atoms with Crippen LogP contribution in [0.15, 0.2) is 70.4 Å². The maximum atomic E-state index is 12.3. The molecule has 8 nitrogen and oxygen atoms in total. The molecular formula is C31H34N2O6. The minimum absolute atomic E-state index is 0.0106. The van der Waals surface area contributed by atoms with Gasteiger partial charge in [0.2, 0.25) is 0 Å². The van der Waals surface area contributed by atoms with Crippen LogP contribution in [-0.4, -0.2) is 46.2 Å². The summed E-state index contributed by atoms with van der Waals surface area (Å²) in [6, 6.07) is 19.8. The zero-order valence-corrected chi connectivity index (χ0v) is 21.9. The summed E-state index contributed by atoms with van der Waals surface area (Å²) in [5, 5.41) is 26.1. The first-order chi connectivity index (χ1) is 19.1. The van der Waals surface area contributed by atoms with E-state index in [4.69, 9.17) is 14.6 Å². The van der Waals surface area contributed by atoms with Crippen LogP contribution in [0.3, 0.4) is 0 Å². The predicted octanol–water partition coefficient (Wildman–Crippen LogP) is 4.25. The second kappa shape index (κ2) is 12.5. The van der Waals surface area contributed by atoms with E-state index < -0.39 is 17.5 Å². The number of unbranched alkanes of at least 4 members (excludes halogenated alkanes) is 2. The topological polar surface area (TPSA) is 114 Å². The van der Waals surface area contributed by atoms with Gasteiger partial charge in [0.05, 0.1) is 25.4 Å². The van der Waals surface area contributed by atoms with Gasteiger partial charge in [-0.05, 0) is 57.1 Å². The van der Waals surface area contributed by atoms with Crippen LogP contribution in [0.4, 0.5) is 0 Å². The Labute approximate surface area is 225 Å². The number of aliphatic hydroxyl groups is 2. The zero-order chi connectivity index (χ0) is 27.2. The number of aromatic nitrogens is 2. The average Bonchev–Trinajstić information content (AvgIpc) is 2.95. The lowest BCUT2D eigenvalue weighted by Gasteiger charge is -2.19. The number of rotatable bonds is 14. The van der Waals surface area contributed by atoms with Crippen LogP contribution in [0.25, 0.3) is 32.3 Å². The molecule has 5 aromatic rings. The molecule has 0 spiro atoms. The first-order valence-electron chi connectivity index (χ1n) is 13.5. The number of nitrogens with zero attached hydrogens (tertiary/aromatic N) is 1. The molecule has 0 aliphatic rings. The molecule has 0 aliphatic heterocycles. The Kier molecular flexibility index (Phi) is 8.68. The van der Waals surface area contributed by atoms with Crippen LogP contribution in [-0.2, 0) is 22.5 Å². The molecule has 1 unspecified atom stereocenters. The predicted molar refractivity (Wildman–Crippen MR) is 152 cm³/mol. The maximum absolute atomic E-state index is 12.3. The minimum Gasteiger partial charge on any atom is -0.396 e. The lowest BCUT2D eigenvalue weighted by Crippen LogP contribution is -2.35. The van der Waals surface area contributed by atoms with E-state index in [2.05, 4.69) is 59.6 Å². The standard InChI is InChI=1S/C31H34N2O6/c34-15-14-27(39-18-16-35)33-19-25(30(36)32-31(33)37)20-38-17-3-1-2-5-21-8-9-24-11-10-22-6-4-7-23-12-13-26(21)29(24)28(22)23/h4,6-13,19,27,34-35H,1-3,5,14-18,20H2,(H,32,36,37). The lowest BCUT2D eigenvalue weighted by molar-refractivity contribution is -0.0311. The lowest BCUT2D eigenvalue weighted by atomic mass is 9.90. The molecule has 0 amide bonds. The van der Waals surface area contributed by atoms with Gasteiger partial charge in [-0.1, -0.05) is 61.0 Å². The highest BCUT2D eigenvalue weighted by Gasteiger charge is 2.15. The Balaban J connectivity index is 1.15. The first-order valence-corrected chi connectivity index (χ1v) is 13.5. The molecule has 4 aromatic carbocycles. The molecule has 0 fully saturated rings. The maximum Gasteiger partial charge on any atom is 0.330 e. The van der Waals surface area contributed by atoms with Crippen molar-refractivity contribution in [1.82, 2.24) is 9.55 Å². The summed E-state index contributed by atoms with van der Waals surface area (Å²) >= 11 is 0. The second-order valence-corrected chi connectivity index (χ2v) is 9.83. The monoisotopic (exact) mass is 530 g/mol. The number of benzene rings is 4. The van der Waals surface area contributed by atoms with E-state index in [1.54, 1.807) is 0 Å². The first kappa shape index (κ1) is 27.0. The Bertz CT molecular complexity index is 1640. The highest BCUT2D eigenvalue weighted by molar-refractivity contribution is 6.23. The van der Waals surface area contributed by atoms with E-state index in [1.807, 2.05) is 0 Å². The van der Waals surface area contributed by atoms with Crippen molar-refractivity contribution in [3.63, 3.8) is 0 Å². The molecule has 1 atom stereocenters. The third-order valence-corrected chi connectivity index (χ3v) is 7.24. The molecule has 0 aliphatic carbocycles. The second-order valence-electron chi connectivity index (χ2n) is 9.83. The smallest absolute Gasteiger partial charge is 0.330 e. The summed E-state index contributed by atoms with van der Waals surface area (Å²) in [5.74, 6) is 0. The van der Waals surface area contributed by atoms with E-state index in [9.17, 15) is 14.7 Å². The number of nitrogens with one attached hydrogen (secondary N) is 1. The molecule has 0 saturated heterocycles. The van der Waals surface area contributed by atoms with Crippen LogP contribution in [0.2, 0.25) is 0 Å². The molecule has 0 saturated carbocycles. The summed E-state index contributed by atoms with van der Waals surface area (Å²) < 4.78 is 12.4. The van der Waals surface area contributed by atoms with Crippen molar-refractivity contribution < 1.29 is 19.7 Å². The van der Waals surface area contributed by atoms with Crippen molar-refractivity contribution in [3.05, 3.63) is 92.8 Å². The van der Waals surface area contributed by atoms with E-state index in [0.717, 1.165) is 25.7 Å². The summed E-state index contributed by atoms with van der Waals surface area (Å²) in [7, 11) is 0. The van der Waals surface area contributed by atoms with Crippen molar-refractivity contribution in [2.75, 3.05) is 26.4 Å². The fourth-order valence-electron chi connectivity index (χ4n) is 5.34. The highest BCUT2D eigenvalue weighted by Crippen LogP contribution is 2.36. The van der Waals surface area contributed by atoms with Gasteiger partial charge in [0.1, 0.15) is 6.23 Å². The van der Waals surface area contributed by atoms with Gasteiger partial charge in [0.25, 0.3) is 5.56 Å². The summed E-state index contributed by atoms with van der Waals surface area (Å²) in [4.78, 5) is 26.8. The van der Waals surface area contributed by atoms with E-state index in [1.165, 1.54) is 48.6 Å². The molecule has 1 aromatic heterocycles. The quantitative estimate of drug-likeness (QED) is 0.146. The minimum atomic E-state index is -0.787. The van der Waals surface area contributed by atoms with E-state index in [0.29, 0.717) is 12.2 Å². The van der Waals surface area contributed by atoms with Gasteiger partial charge < -0.3 is 19.7 Å². The van der Waals surface area contributed by atoms with Crippen molar-refractivity contribution >= 4 is 32.3 Å². The van der Waals surface area contributed by atoms with Gasteiger partial charge in [0.15, 0.2) is 0 Å². The Hall–Kier alpha value is -3.56. The number of hydrogen-bond donors (Lipinski definition) is 3. The van der Waals surface area contributed by atoms with Gasteiger partial charge in [-0.3, -0.25) is 14.3 Å². The number of aromatic amines is 1. The highest BCUT2D eigenvalue weighted by atomic mass is 16.5. The van der Waals surface area contributed by atoms with Crippen LogP contribution < -0.4 is 11.2 Å². The molecule has 5 rings (SSSR count). The van der Waals surface area contributed by atoms with Gasteiger partial charge >= 0.3 is 5.69 Å². The molecule has 3 N–H and O–H groups in total. The fraction of sp³-hybridized carbons (Fsp3) is 0.355. The van der Waals surface area contributed by atoms with Crippen molar-refractivity contribution in [3.8, 4) is 0 Å². The van der Waals surface area contributed by atoms with Crippen molar-refractivity contribution in [2.24, 2.45) is 0 Å². The number of ether oxygens (including phenoxy) is 2. The Morgan fingerprint density at radius 1 is 0.795 bits per heavy atom. The number of H-pyrrole nitrogens is 1. The Morgan fingerprint density at radius 3 is 2.31 bits per heavy atom. The molecule has 1 heterocycles. The van der Waals surface area contributed by atoms with Crippen LogP contribution in [0, 0.1) is 0 Å². The largest absolute Gasteiger partial charge is 0.396 e. The normalized spacial score (nSPS) is 12.7. The molecule has 0 radical (unpaired) electrons. The number of aryl methyl sites for hydroxylation is 1. The summed E-state index contributed by atoms with van der Waals surface area (Å²) in [5.41, 5.74) is 0.525. The van der Waals surface area contributed by atoms with Gasteiger partial charge in [-0.25, -0.2) is 4.79 Å². The fourth-order valence-corrected chi connectivity index (χ4v) is 5.34. The van der Waals surface area contributed by atoms with Crippen molar-refractivity contribution in [1.29, 1.82) is 0 Å². The molecule has 8 heteroatoms. The zero-order valence-electron chi connectivity index (χ0n) is 21.9. The number of hydrogen-bond acceptors (Lipinski definition) is 6. The molecule has 0 bridgehead atoms. The van der Waals surface area contributed by atoms with Gasteiger partial charge in [-0.2, -0.15) is 0 Å². The average molecular weight is 531 g/mol. The molecule has 204 valence electrons. The van der Waals surface area contributed by atoms with Crippen molar-refractivity contribution in [2.45, 2.75) is 44.9 Å². The molecular weight excluding hydrogens is 496 g/mol. The Morgan fingerprint density at radius 2 is 1.54 bits per heavy atom. The van der Waals surface area contributed by atoms with E-state index in [-0.39, 0.29) is 32.8 Å². The van der Waals surface area contributed by atoms with Crippen LogP contribution in [0.5, 0.6) is 0 Å². The third kappa shape index (κ3) is 5.89. The SMILES string of the molecule is O=c1[nH]c(=O)n(C(CCO)OCCO)cc1COCCCCCc1ccc2ccc3cccc4ccc1c2c34. The summed E-state index contributed by atoms with van der Waals surface area (Å²) in [6.07, 6.45) is 4.64. The summed E-state index contributed by atoms with van der Waals surface area (Å²) in [6.45, 7) is 0.153. The number of aliphatic hydroxyl groups excluding tert-OH is 2. The van der Waals surface area contributed by atoms with E-state index >= 15 is 0 Å². The van der Waals surface area contributed by atoms with Crippen LogP contribution >= 0.6 is 0 Å². The third-order valence-electron chi connectivity index (χ3n) is 7.24. The van der Waals surface area contributed by atoms with Gasteiger partial charge in [-0.15, -0.1) is 0 Å². The van der Waals surface area contributed by atoms with Gasteiger partial charge in [0, 0.05) is 25.8 Å². The molecule has 39 heavy (non-hydrogen) atoms.